The molecule has 0 bridgehead atoms. The summed E-state index contributed by atoms with van der Waals surface area (Å²) in [7, 11) is 0. The van der Waals surface area contributed by atoms with Crippen molar-refractivity contribution in [2.75, 3.05) is 0 Å². The molecule has 0 aromatic heterocycles. The molecule has 1 nitrogen and oxygen atoms in total. The van der Waals surface area contributed by atoms with Crippen LogP contribution in [0.1, 0.15) is 0 Å². The van der Waals surface area contributed by atoms with Crippen LogP contribution in [-0.4, -0.2) is 35.0 Å². The van der Waals surface area contributed by atoms with Crippen LogP contribution in [0.25, 0.3) is 10.8 Å². The fourth-order valence-electron chi connectivity index (χ4n) is 1.13. The van der Waals surface area contributed by atoms with Crippen LogP contribution >= 0.6 is 0 Å². The van der Waals surface area contributed by atoms with E-state index in [1.807, 2.05) is 0 Å². The average molecular weight is 169 g/mol. The molecule has 57 valence electrons. The van der Waals surface area contributed by atoms with Crippen molar-refractivity contribution in [2.45, 2.75) is 0 Å². The first-order chi connectivity index (χ1) is 4.97. The molecule has 0 amide bonds. The number of hydrogen-bond acceptors (Lipinski definition) is 0. The summed E-state index contributed by atoms with van der Waals surface area (Å²) in [5.74, 6) is 0. The Labute approximate surface area is 94.0 Å². The molecular formula is C10H10NaO. The fourth-order valence-corrected chi connectivity index (χ4v) is 1.13. The Bertz CT molecular complexity index is 281. The monoisotopic (exact) mass is 169 g/mol. The van der Waals surface area contributed by atoms with E-state index < -0.39 is 0 Å². The van der Waals surface area contributed by atoms with Crippen LogP contribution in [0.2, 0.25) is 0 Å². The molecule has 0 unspecified atom stereocenters. The Kier molecular flexibility index (Phi) is 5.18. The third kappa shape index (κ3) is 2.32. The molecule has 2 aromatic carbocycles. The van der Waals surface area contributed by atoms with Crippen LogP contribution in [-0.2, 0) is 0 Å². The van der Waals surface area contributed by atoms with E-state index in [0.717, 1.165) is 0 Å². The van der Waals surface area contributed by atoms with E-state index in [1.165, 1.54) is 10.8 Å². The second kappa shape index (κ2) is 5.33. The standard InChI is InChI=1S/C10H8.Na.H2O/c1-2-6-10-8-4-3-7-9(10)5-1;;/h1-8H;;1H2. The minimum Gasteiger partial charge on any atom is -0.412 e. The molecule has 1 radical (unpaired) electrons. The summed E-state index contributed by atoms with van der Waals surface area (Å²) in [5, 5.41) is 2.62. The van der Waals surface area contributed by atoms with E-state index >= 15 is 0 Å². The Morgan fingerprint density at radius 3 is 1.08 bits per heavy atom. The van der Waals surface area contributed by atoms with Crippen molar-refractivity contribution in [3.8, 4) is 0 Å². The number of benzene rings is 2. The molecule has 0 aliphatic heterocycles. The summed E-state index contributed by atoms with van der Waals surface area (Å²) in [6.45, 7) is 0. The van der Waals surface area contributed by atoms with Gasteiger partial charge < -0.3 is 5.48 Å². The second-order valence-electron chi connectivity index (χ2n) is 2.35. The van der Waals surface area contributed by atoms with Gasteiger partial charge in [-0.05, 0) is 10.8 Å². The van der Waals surface area contributed by atoms with Crippen LogP contribution in [0.15, 0.2) is 48.5 Å². The maximum Gasteiger partial charge on any atom is 0 e. The first kappa shape index (κ1) is 11.7. The molecule has 0 spiro atoms. The van der Waals surface area contributed by atoms with Crippen molar-refractivity contribution in [3.63, 3.8) is 0 Å². The van der Waals surface area contributed by atoms with Crippen LogP contribution < -0.4 is 0 Å². The van der Waals surface area contributed by atoms with Gasteiger partial charge in [0.05, 0.1) is 0 Å². The first-order valence-corrected chi connectivity index (χ1v) is 3.40. The average Bonchev–Trinajstić information content (AvgIpc) is 2.05. The van der Waals surface area contributed by atoms with Crippen molar-refractivity contribution in [1.29, 1.82) is 0 Å². The molecule has 2 N–H and O–H groups in total. The molecule has 0 aliphatic rings. The van der Waals surface area contributed by atoms with Crippen LogP contribution in [0.3, 0.4) is 0 Å². The Morgan fingerprint density at radius 2 is 0.833 bits per heavy atom. The van der Waals surface area contributed by atoms with Gasteiger partial charge in [0, 0.05) is 29.6 Å². The molecule has 2 rings (SSSR count). The van der Waals surface area contributed by atoms with Crippen LogP contribution in [0.4, 0.5) is 0 Å². The number of hydrogen-bond donors (Lipinski definition) is 0. The maximum absolute atomic E-state index is 2.12. The third-order valence-electron chi connectivity index (χ3n) is 1.66. The second-order valence-corrected chi connectivity index (χ2v) is 2.35. The first-order valence-electron chi connectivity index (χ1n) is 3.40. The normalized spacial score (nSPS) is 8.33. The molecule has 2 aromatic rings. The summed E-state index contributed by atoms with van der Waals surface area (Å²) < 4.78 is 0. The topological polar surface area (TPSA) is 31.5 Å². The molecule has 0 heterocycles. The number of fused-ring (bicyclic) bond motifs is 1. The van der Waals surface area contributed by atoms with Crippen molar-refractivity contribution < 1.29 is 5.48 Å². The molecule has 0 saturated carbocycles. The Balaban J connectivity index is 0.000000605. The summed E-state index contributed by atoms with van der Waals surface area (Å²) in [5.41, 5.74) is 0. The number of rotatable bonds is 0. The predicted octanol–water partition coefficient (Wildman–Crippen LogP) is 1.63. The fraction of sp³-hybridized carbons (Fsp3) is 0. The molecule has 2 heteroatoms. The van der Waals surface area contributed by atoms with E-state index in [4.69, 9.17) is 0 Å². The van der Waals surface area contributed by atoms with Gasteiger partial charge >= 0.3 is 0 Å². The van der Waals surface area contributed by atoms with Crippen molar-refractivity contribution in [3.05, 3.63) is 48.5 Å². The van der Waals surface area contributed by atoms with Crippen molar-refractivity contribution >= 4 is 40.3 Å². The maximum atomic E-state index is 2.12. The smallest absolute Gasteiger partial charge is 0 e. The zero-order chi connectivity index (χ0) is 6.81. The van der Waals surface area contributed by atoms with E-state index in [1.54, 1.807) is 0 Å². The SMILES string of the molecule is O.[Na].c1ccc2ccccc2c1. The van der Waals surface area contributed by atoms with Gasteiger partial charge in [0.2, 0.25) is 0 Å². The molecule has 0 atom stereocenters. The van der Waals surface area contributed by atoms with Crippen LogP contribution in [0.5, 0.6) is 0 Å². The van der Waals surface area contributed by atoms with Gasteiger partial charge in [-0.1, -0.05) is 48.5 Å². The van der Waals surface area contributed by atoms with Gasteiger partial charge in [-0.2, -0.15) is 0 Å². The summed E-state index contributed by atoms with van der Waals surface area (Å²) in [6.07, 6.45) is 0. The van der Waals surface area contributed by atoms with Gasteiger partial charge in [-0.3, -0.25) is 0 Å². The molecule has 0 fully saturated rings. The summed E-state index contributed by atoms with van der Waals surface area (Å²) in [6, 6.07) is 16.7. The summed E-state index contributed by atoms with van der Waals surface area (Å²) >= 11 is 0. The molecule has 0 aliphatic carbocycles. The largest absolute Gasteiger partial charge is 0.412 e. The Hall–Kier alpha value is -0.340. The molecular weight excluding hydrogens is 159 g/mol. The van der Waals surface area contributed by atoms with Gasteiger partial charge in [-0.25, -0.2) is 0 Å². The molecule has 12 heavy (non-hydrogen) atoms. The summed E-state index contributed by atoms with van der Waals surface area (Å²) in [4.78, 5) is 0. The van der Waals surface area contributed by atoms with Gasteiger partial charge in [0.15, 0.2) is 0 Å². The Morgan fingerprint density at radius 1 is 0.583 bits per heavy atom. The van der Waals surface area contributed by atoms with Gasteiger partial charge in [0.1, 0.15) is 0 Å². The zero-order valence-corrected chi connectivity index (χ0v) is 9.12. The van der Waals surface area contributed by atoms with E-state index in [-0.39, 0.29) is 35.0 Å². The zero-order valence-electron chi connectivity index (χ0n) is 7.12. The minimum absolute atomic E-state index is 0. The van der Waals surface area contributed by atoms with Gasteiger partial charge in [-0.15, -0.1) is 0 Å². The minimum atomic E-state index is 0. The van der Waals surface area contributed by atoms with Crippen LogP contribution in [0, 0.1) is 0 Å². The molecule has 0 saturated heterocycles. The quantitative estimate of drug-likeness (QED) is 0.537. The van der Waals surface area contributed by atoms with Crippen molar-refractivity contribution in [1.82, 2.24) is 0 Å². The van der Waals surface area contributed by atoms with E-state index in [0.29, 0.717) is 0 Å². The third-order valence-corrected chi connectivity index (χ3v) is 1.66. The predicted molar refractivity (Wildman–Crippen MR) is 53.3 cm³/mol. The van der Waals surface area contributed by atoms with Gasteiger partial charge in [0.25, 0.3) is 0 Å². The van der Waals surface area contributed by atoms with E-state index in [9.17, 15) is 0 Å². The van der Waals surface area contributed by atoms with E-state index in [2.05, 4.69) is 48.5 Å². The van der Waals surface area contributed by atoms with Crippen molar-refractivity contribution in [2.24, 2.45) is 0 Å².